The molecular formula is C26H23NO4. The third kappa shape index (κ3) is 4.51. The number of aryl methyl sites for hydroxylation is 2. The van der Waals surface area contributed by atoms with Crippen LogP contribution in [0.5, 0.6) is 5.75 Å². The number of hydrogen-bond acceptors (Lipinski definition) is 5. The van der Waals surface area contributed by atoms with Gasteiger partial charge in [-0.3, -0.25) is 0 Å². The lowest BCUT2D eigenvalue weighted by molar-refractivity contribution is 0.308. The van der Waals surface area contributed by atoms with E-state index in [2.05, 4.69) is 5.16 Å². The Bertz CT molecular complexity index is 1290. The van der Waals surface area contributed by atoms with E-state index in [0.717, 1.165) is 27.6 Å². The third-order valence-corrected chi connectivity index (χ3v) is 5.36. The fourth-order valence-electron chi connectivity index (χ4n) is 3.54. The van der Waals surface area contributed by atoms with Crippen molar-refractivity contribution in [2.45, 2.75) is 20.3 Å². The van der Waals surface area contributed by atoms with Crippen LogP contribution in [0.1, 0.15) is 27.8 Å². The van der Waals surface area contributed by atoms with Gasteiger partial charge in [0.2, 0.25) is 0 Å². The van der Waals surface area contributed by atoms with E-state index in [1.54, 1.807) is 6.07 Å². The Morgan fingerprint density at radius 3 is 2.45 bits per heavy atom. The van der Waals surface area contributed by atoms with Crippen LogP contribution in [0.2, 0.25) is 0 Å². The highest BCUT2D eigenvalue weighted by atomic mass is 16.5. The van der Waals surface area contributed by atoms with Crippen molar-refractivity contribution in [2.24, 2.45) is 5.16 Å². The van der Waals surface area contributed by atoms with Crippen molar-refractivity contribution in [1.29, 1.82) is 0 Å². The van der Waals surface area contributed by atoms with Crippen LogP contribution in [-0.4, -0.2) is 17.5 Å². The molecule has 31 heavy (non-hydrogen) atoms. The molecule has 1 heterocycles. The minimum Gasteiger partial charge on any atom is -0.487 e. The first kappa shape index (κ1) is 20.4. The highest BCUT2D eigenvalue weighted by Gasteiger charge is 2.13. The van der Waals surface area contributed by atoms with Crippen LogP contribution in [0.4, 0.5) is 0 Å². The Balaban J connectivity index is 1.57. The molecule has 1 N–H and O–H groups in total. The molecule has 0 aliphatic rings. The Morgan fingerprint density at radius 2 is 1.74 bits per heavy atom. The molecule has 3 aromatic carbocycles. The Kier molecular flexibility index (Phi) is 5.85. The van der Waals surface area contributed by atoms with Crippen LogP contribution in [0.3, 0.4) is 0 Å². The average molecular weight is 413 g/mol. The summed E-state index contributed by atoms with van der Waals surface area (Å²) in [6.07, 6.45) is 0.524. The summed E-state index contributed by atoms with van der Waals surface area (Å²) in [6.45, 7) is 4.01. The topological polar surface area (TPSA) is 72.0 Å². The second-order valence-corrected chi connectivity index (χ2v) is 7.51. The summed E-state index contributed by atoms with van der Waals surface area (Å²) in [4.78, 5) is 12.6. The summed E-state index contributed by atoms with van der Waals surface area (Å²) in [6, 6.07) is 22.9. The minimum atomic E-state index is -0.344. The monoisotopic (exact) mass is 413 g/mol. The SMILES string of the molecule is Cc1ccc(/C(COc2ccc3c(C)c(Cc4ccccc4)c(=O)oc3c2)=N/O)cc1. The molecule has 0 saturated heterocycles. The van der Waals surface area contributed by atoms with Crippen molar-refractivity contribution >= 4 is 16.7 Å². The van der Waals surface area contributed by atoms with E-state index in [-0.39, 0.29) is 12.2 Å². The molecule has 156 valence electrons. The lowest BCUT2D eigenvalue weighted by Crippen LogP contribution is -2.13. The number of fused-ring (bicyclic) bond motifs is 1. The largest absolute Gasteiger partial charge is 0.487 e. The fourth-order valence-corrected chi connectivity index (χ4v) is 3.54. The van der Waals surface area contributed by atoms with Crippen molar-refractivity contribution < 1.29 is 14.4 Å². The molecule has 4 aromatic rings. The first-order valence-corrected chi connectivity index (χ1v) is 10.1. The van der Waals surface area contributed by atoms with Crippen LogP contribution in [-0.2, 0) is 6.42 Å². The summed E-state index contributed by atoms with van der Waals surface area (Å²) in [5.74, 6) is 0.527. The maximum Gasteiger partial charge on any atom is 0.340 e. The highest BCUT2D eigenvalue weighted by Crippen LogP contribution is 2.25. The zero-order valence-corrected chi connectivity index (χ0v) is 17.5. The quantitative estimate of drug-likeness (QED) is 0.203. The molecule has 0 aliphatic carbocycles. The molecule has 0 spiro atoms. The number of rotatable bonds is 6. The van der Waals surface area contributed by atoms with Gasteiger partial charge in [0.05, 0.1) is 0 Å². The molecule has 5 nitrogen and oxygen atoms in total. The third-order valence-electron chi connectivity index (χ3n) is 5.36. The zero-order chi connectivity index (χ0) is 21.8. The summed E-state index contributed by atoms with van der Waals surface area (Å²) in [5, 5.41) is 13.6. The second kappa shape index (κ2) is 8.88. The van der Waals surface area contributed by atoms with Gasteiger partial charge in [-0.05, 0) is 37.1 Å². The van der Waals surface area contributed by atoms with Crippen molar-refractivity contribution in [3.05, 3.63) is 111 Å². The number of hydrogen-bond donors (Lipinski definition) is 1. The number of oxime groups is 1. The first-order chi connectivity index (χ1) is 15.0. The van der Waals surface area contributed by atoms with Crippen molar-refractivity contribution in [3.63, 3.8) is 0 Å². The Hall–Kier alpha value is -3.86. The van der Waals surface area contributed by atoms with E-state index in [1.165, 1.54) is 0 Å². The van der Waals surface area contributed by atoms with Gasteiger partial charge >= 0.3 is 5.63 Å². The van der Waals surface area contributed by atoms with Crippen LogP contribution in [0.25, 0.3) is 11.0 Å². The number of nitrogens with zero attached hydrogens (tertiary/aromatic N) is 1. The van der Waals surface area contributed by atoms with E-state index < -0.39 is 0 Å². The van der Waals surface area contributed by atoms with Crippen molar-refractivity contribution in [1.82, 2.24) is 0 Å². The lowest BCUT2D eigenvalue weighted by atomic mass is 10.00. The summed E-state index contributed by atoms with van der Waals surface area (Å²) >= 11 is 0. The normalized spacial score (nSPS) is 11.6. The van der Waals surface area contributed by atoms with Gasteiger partial charge in [0.1, 0.15) is 23.7 Å². The van der Waals surface area contributed by atoms with Gasteiger partial charge in [-0.2, -0.15) is 0 Å². The van der Waals surface area contributed by atoms with Gasteiger partial charge in [0, 0.05) is 29.0 Å². The van der Waals surface area contributed by atoms with E-state index in [1.807, 2.05) is 80.6 Å². The Labute approximate surface area is 180 Å². The summed E-state index contributed by atoms with van der Waals surface area (Å²) in [7, 11) is 0. The van der Waals surface area contributed by atoms with Gasteiger partial charge in [-0.15, -0.1) is 0 Å². The smallest absolute Gasteiger partial charge is 0.340 e. The van der Waals surface area contributed by atoms with E-state index in [4.69, 9.17) is 9.15 Å². The van der Waals surface area contributed by atoms with Gasteiger partial charge in [-0.1, -0.05) is 65.3 Å². The summed E-state index contributed by atoms with van der Waals surface area (Å²) < 4.78 is 11.4. The van der Waals surface area contributed by atoms with Gasteiger partial charge < -0.3 is 14.4 Å². The van der Waals surface area contributed by atoms with Crippen LogP contribution >= 0.6 is 0 Å². The molecular weight excluding hydrogens is 390 g/mol. The predicted octanol–water partition coefficient (Wildman–Crippen LogP) is 5.26. The minimum absolute atomic E-state index is 0.0837. The Morgan fingerprint density at radius 1 is 1.00 bits per heavy atom. The van der Waals surface area contributed by atoms with Crippen LogP contribution < -0.4 is 10.4 Å². The van der Waals surface area contributed by atoms with Gasteiger partial charge in [-0.25, -0.2) is 4.79 Å². The molecule has 0 bridgehead atoms. The molecule has 4 rings (SSSR count). The molecule has 0 unspecified atom stereocenters. The molecule has 0 amide bonds. The number of benzene rings is 3. The van der Waals surface area contributed by atoms with E-state index in [9.17, 15) is 10.0 Å². The highest BCUT2D eigenvalue weighted by molar-refractivity contribution is 6.01. The standard InChI is InChI=1S/C26H23NO4/c1-17-8-10-20(11-9-17)24(27-29)16-30-21-12-13-22-18(2)23(26(28)31-25(22)15-21)14-19-6-4-3-5-7-19/h3-13,15,29H,14,16H2,1-2H3/b27-24+. The molecule has 0 radical (unpaired) electrons. The fraction of sp³-hybridized carbons (Fsp3) is 0.154. The molecule has 5 heteroatoms. The van der Waals surface area contributed by atoms with Crippen LogP contribution in [0, 0.1) is 13.8 Å². The zero-order valence-electron chi connectivity index (χ0n) is 17.5. The number of ether oxygens (including phenoxy) is 1. The van der Waals surface area contributed by atoms with Gasteiger partial charge in [0.15, 0.2) is 0 Å². The molecule has 0 atom stereocenters. The molecule has 0 fully saturated rings. The summed E-state index contributed by atoms with van der Waals surface area (Å²) in [5.41, 5.74) is 5.05. The first-order valence-electron chi connectivity index (χ1n) is 10.1. The lowest BCUT2D eigenvalue weighted by Gasteiger charge is -2.11. The van der Waals surface area contributed by atoms with Crippen molar-refractivity contribution in [2.75, 3.05) is 6.61 Å². The van der Waals surface area contributed by atoms with Crippen molar-refractivity contribution in [3.8, 4) is 5.75 Å². The predicted molar refractivity (Wildman–Crippen MR) is 121 cm³/mol. The van der Waals surface area contributed by atoms with E-state index in [0.29, 0.717) is 29.0 Å². The second-order valence-electron chi connectivity index (χ2n) is 7.51. The molecule has 1 aromatic heterocycles. The molecule has 0 aliphatic heterocycles. The maximum absolute atomic E-state index is 12.6. The van der Waals surface area contributed by atoms with E-state index >= 15 is 0 Å². The van der Waals surface area contributed by atoms with Gasteiger partial charge in [0.25, 0.3) is 0 Å². The van der Waals surface area contributed by atoms with Crippen LogP contribution in [0.15, 0.2) is 87.2 Å². The molecule has 0 saturated carbocycles. The average Bonchev–Trinajstić information content (AvgIpc) is 2.78. The maximum atomic E-state index is 12.6.